The minimum atomic E-state index is -0.242. The van der Waals surface area contributed by atoms with Gasteiger partial charge in [0.05, 0.1) is 17.4 Å². The van der Waals surface area contributed by atoms with E-state index in [9.17, 15) is 4.39 Å². The molecule has 6 heteroatoms. The maximum atomic E-state index is 13.1. The minimum absolute atomic E-state index is 0.0280. The Balaban J connectivity index is 1.80. The highest BCUT2D eigenvalue weighted by atomic mass is 19.1. The second-order valence-electron chi connectivity index (χ2n) is 6.07. The summed E-state index contributed by atoms with van der Waals surface area (Å²) in [5.74, 6) is 0.297. The van der Waals surface area contributed by atoms with Crippen molar-refractivity contribution in [2.24, 2.45) is 0 Å². The number of nitrogens with one attached hydrogen (secondary N) is 1. The molecule has 0 saturated carbocycles. The van der Waals surface area contributed by atoms with Crippen molar-refractivity contribution in [2.45, 2.75) is 39.8 Å². The molecule has 3 aromatic rings. The molecule has 0 aliphatic carbocycles. The number of halogens is 1. The fourth-order valence-corrected chi connectivity index (χ4v) is 2.72. The standard InChI is InChI=1S/C19H22FN5/c1-4-11-25-12-17(14(3)24-25)18-9-10-21-19(23-18)22-13(2)15-5-7-16(20)8-6-15/h5-10,12-13H,4,11H2,1-3H3,(H,21,22,23)/t13-/m0/s1. The van der Waals surface area contributed by atoms with Gasteiger partial charge < -0.3 is 5.32 Å². The summed E-state index contributed by atoms with van der Waals surface area (Å²) in [6.45, 7) is 6.99. The lowest BCUT2D eigenvalue weighted by Crippen LogP contribution is -2.09. The van der Waals surface area contributed by atoms with Crippen LogP contribution in [0.4, 0.5) is 10.3 Å². The number of benzene rings is 1. The van der Waals surface area contributed by atoms with Crippen molar-refractivity contribution in [1.29, 1.82) is 0 Å². The molecule has 0 unspecified atom stereocenters. The Morgan fingerprint density at radius 3 is 2.68 bits per heavy atom. The molecule has 0 aliphatic heterocycles. The van der Waals surface area contributed by atoms with Crippen LogP contribution < -0.4 is 5.32 Å². The first-order valence-electron chi connectivity index (χ1n) is 8.46. The molecule has 0 amide bonds. The Labute approximate surface area is 146 Å². The van der Waals surface area contributed by atoms with Crippen LogP contribution in [0, 0.1) is 12.7 Å². The van der Waals surface area contributed by atoms with E-state index in [2.05, 4.69) is 27.3 Å². The summed E-state index contributed by atoms with van der Waals surface area (Å²) >= 11 is 0. The first-order chi connectivity index (χ1) is 12.1. The smallest absolute Gasteiger partial charge is 0.223 e. The van der Waals surface area contributed by atoms with Crippen LogP contribution in [0.15, 0.2) is 42.7 Å². The summed E-state index contributed by atoms with van der Waals surface area (Å²) in [6, 6.07) is 8.28. The molecule has 25 heavy (non-hydrogen) atoms. The Hall–Kier alpha value is -2.76. The summed E-state index contributed by atoms with van der Waals surface area (Å²) in [6.07, 6.45) is 4.79. The zero-order chi connectivity index (χ0) is 17.8. The lowest BCUT2D eigenvalue weighted by Gasteiger charge is -2.14. The van der Waals surface area contributed by atoms with Gasteiger partial charge in [0.2, 0.25) is 5.95 Å². The molecule has 5 nitrogen and oxygen atoms in total. The van der Waals surface area contributed by atoms with Crippen LogP contribution in [0.2, 0.25) is 0 Å². The predicted molar refractivity (Wildman–Crippen MR) is 96.7 cm³/mol. The number of hydrogen-bond donors (Lipinski definition) is 1. The molecule has 1 atom stereocenters. The van der Waals surface area contributed by atoms with Gasteiger partial charge in [-0.15, -0.1) is 0 Å². The average molecular weight is 339 g/mol. The molecular weight excluding hydrogens is 317 g/mol. The lowest BCUT2D eigenvalue weighted by atomic mass is 10.1. The van der Waals surface area contributed by atoms with E-state index in [4.69, 9.17) is 0 Å². The van der Waals surface area contributed by atoms with E-state index in [1.54, 1.807) is 18.3 Å². The summed E-state index contributed by atoms with van der Waals surface area (Å²) in [5, 5.41) is 7.79. The SMILES string of the molecule is CCCn1cc(-c2ccnc(N[C@@H](C)c3ccc(F)cc3)n2)c(C)n1. The van der Waals surface area contributed by atoms with Crippen LogP contribution in [0.1, 0.15) is 37.6 Å². The lowest BCUT2D eigenvalue weighted by molar-refractivity contribution is 0.598. The van der Waals surface area contributed by atoms with Crippen molar-refractivity contribution >= 4 is 5.95 Å². The molecule has 0 fully saturated rings. The average Bonchev–Trinajstić information content (AvgIpc) is 2.96. The first-order valence-corrected chi connectivity index (χ1v) is 8.46. The van der Waals surface area contributed by atoms with Crippen LogP contribution in [0.3, 0.4) is 0 Å². The number of anilines is 1. The number of rotatable bonds is 6. The molecule has 2 heterocycles. The van der Waals surface area contributed by atoms with Gasteiger partial charge in [-0.3, -0.25) is 4.68 Å². The highest BCUT2D eigenvalue weighted by Crippen LogP contribution is 2.23. The van der Waals surface area contributed by atoms with Crippen molar-refractivity contribution in [1.82, 2.24) is 19.7 Å². The van der Waals surface area contributed by atoms with Gasteiger partial charge in [0.25, 0.3) is 0 Å². The van der Waals surface area contributed by atoms with Gasteiger partial charge in [-0.05, 0) is 44.0 Å². The van der Waals surface area contributed by atoms with Gasteiger partial charge in [0, 0.05) is 24.5 Å². The second-order valence-corrected chi connectivity index (χ2v) is 6.07. The fourth-order valence-electron chi connectivity index (χ4n) is 2.72. The van der Waals surface area contributed by atoms with Crippen LogP contribution in [0.25, 0.3) is 11.3 Å². The van der Waals surface area contributed by atoms with E-state index >= 15 is 0 Å². The van der Waals surface area contributed by atoms with E-state index in [-0.39, 0.29) is 11.9 Å². The van der Waals surface area contributed by atoms with E-state index in [1.807, 2.05) is 30.8 Å². The number of hydrogen-bond acceptors (Lipinski definition) is 4. The van der Waals surface area contributed by atoms with E-state index in [0.717, 1.165) is 35.5 Å². The molecule has 0 aliphatic rings. The van der Waals surface area contributed by atoms with Gasteiger partial charge in [-0.2, -0.15) is 5.10 Å². The molecule has 0 radical (unpaired) electrons. The number of aryl methyl sites for hydroxylation is 2. The second kappa shape index (κ2) is 7.42. The monoisotopic (exact) mass is 339 g/mol. The predicted octanol–water partition coefficient (Wildman–Crippen LogP) is 4.37. The van der Waals surface area contributed by atoms with Crippen LogP contribution in [0.5, 0.6) is 0 Å². The van der Waals surface area contributed by atoms with Crippen LogP contribution in [-0.4, -0.2) is 19.7 Å². The molecule has 130 valence electrons. The third-order valence-corrected chi connectivity index (χ3v) is 4.05. The maximum absolute atomic E-state index is 13.1. The maximum Gasteiger partial charge on any atom is 0.223 e. The third kappa shape index (κ3) is 4.02. The molecule has 3 rings (SSSR count). The normalized spacial score (nSPS) is 12.2. The van der Waals surface area contributed by atoms with Gasteiger partial charge >= 0.3 is 0 Å². The Morgan fingerprint density at radius 1 is 1.20 bits per heavy atom. The topological polar surface area (TPSA) is 55.6 Å². The highest BCUT2D eigenvalue weighted by molar-refractivity contribution is 5.61. The zero-order valence-corrected chi connectivity index (χ0v) is 14.7. The summed E-state index contributed by atoms with van der Waals surface area (Å²) in [7, 11) is 0. The summed E-state index contributed by atoms with van der Waals surface area (Å²) < 4.78 is 15.0. The summed E-state index contributed by atoms with van der Waals surface area (Å²) in [4.78, 5) is 8.91. The molecular formula is C19H22FN5. The molecule has 2 aromatic heterocycles. The Morgan fingerprint density at radius 2 is 1.96 bits per heavy atom. The Kier molecular flexibility index (Phi) is 5.07. The molecule has 1 aromatic carbocycles. The molecule has 0 spiro atoms. The Bertz CT molecular complexity index is 841. The fraction of sp³-hybridized carbons (Fsp3) is 0.316. The van der Waals surface area contributed by atoms with Crippen molar-refractivity contribution in [2.75, 3.05) is 5.32 Å². The van der Waals surface area contributed by atoms with E-state index in [1.165, 1.54) is 12.1 Å². The van der Waals surface area contributed by atoms with Gasteiger partial charge in [0.1, 0.15) is 5.82 Å². The molecule has 0 bridgehead atoms. The van der Waals surface area contributed by atoms with Crippen LogP contribution >= 0.6 is 0 Å². The first kappa shape index (κ1) is 17.1. The van der Waals surface area contributed by atoms with E-state index in [0.29, 0.717) is 5.95 Å². The third-order valence-electron chi connectivity index (χ3n) is 4.05. The highest BCUT2D eigenvalue weighted by Gasteiger charge is 2.12. The summed E-state index contributed by atoms with van der Waals surface area (Å²) in [5.41, 5.74) is 3.77. The largest absolute Gasteiger partial charge is 0.348 e. The van der Waals surface area contributed by atoms with Crippen LogP contribution in [-0.2, 0) is 6.54 Å². The zero-order valence-electron chi connectivity index (χ0n) is 14.7. The van der Waals surface area contributed by atoms with Gasteiger partial charge in [-0.1, -0.05) is 19.1 Å². The number of aromatic nitrogens is 4. The number of nitrogens with zero attached hydrogens (tertiary/aromatic N) is 4. The van der Waals surface area contributed by atoms with Gasteiger partial charge in [-0.25, -0.2) is 14.4 Å². The van der Waals surface area contributed by atoms with E-state index < -0.39 is 0 Å². The minimum Gasteiger partial charge on any atom is -0.348 e. The van der Waals surface area contributed by atoms with Crippen molar-refractivity contribution in [3.05, 3.63) is 59.8 Å². The quantitative estimate of drug-likeness (QED) is 0.724. The molecule has 1 N–H and O–H groups in total. The van der Waals surface area contributed by atoms with Gasteiger partial charge in [0.15, 0.2) is 0 Å². The van der Waals surface area contributed by atoms with Crippen molar-refractivity contribution < 1.29 is 4.39 Å². The van der Waals surface area contributed by atoms with Crippen molar-refractivity contribution in [3.8, 4) is 11.3 Å². The van der Waals surface area contributed by atoms with Crippen molar-refractivity contribution in [3.63, 3.8) is 0 Å². The molecule has 0 saturated heterocycles.